The molecule has 2 aromatic rings. The summed E-state index contributed by atoms with van der Waals surface area (Å²) >= 11 is 0. The molecule has 23 heavy (non-hydrogen) atoms. The fourth-order valence-corrected chi connectivity index (χ4v) is 2.86. The molecule has 0 unspecified atom stereocenters. The molecular weight excluding hydrogens is 288 g/mol. The third kappa shape index (κ3) is 4.19. The van der Waals surface area contributed by atoms with Gasteiger partial charge in [0.2, 0.25) is 5.75 Å². The van der Waals surface area contributed by atoms with Crippen LogP contribution >= 0.6 is 0 Å². The van der Waals surface area contributed by atoms with Crippen LogP contribution in [-0.2, 0) is 6.42 Å². The molecule has 3 nitrogen and oxygen atoms in total. The average molecular weight is 314 g/mol. The lowest BCUT2D eigenvalue weighted by atomic mass is 9.94. The summed E-state index contributed by atoms with van der Waals surface area (Å²) in [5.41, 5.74) is 2.74. The molecule has 2 aromatic carbocycles. The molecule has 124 valence electrons. The lowest BCUT2D eigenvalue weighted by molar-refractivity contribution is 0.349. The van der Waals surface area contributed by atoms with Crippen LogP contribution in [0, 0.1) is 0 Å². The smallest absolute Gasteiger partial charge is 0.200 e. The summed E-state index contributed by atoms with van der Waals surface area (Å²) in [6.07, 6.45) is 6.54. The van der Waals surface area contributed by atoms with Gasteiger partial charge < -0.3 is 14.9 Å². The Morgan fingerprint density at radius 3 is 2.26 bits per heavy atom. The number of phenols is 2. The Bertz CT molecular complexity index is 621. The first-order chi connectivity index (χ1) is 11.2. The first kappa shape index (κ1) is 17.2. The number of rotatable bonds is 8. The molecule has 2 rings (SSSR count). The van der Waals surface area contributed by atoms with Gasteiger partial charge in [-0.3, -0.25) is 0 Å². The van der Waals surface area contributed by atoms with E-state index in [0.29, 0.717) is 5.75 Å². The average Bonchev–Trinajstić information content (AvgIpc) is 2.59. The predicted molar refractivity (Wildman–Crippen MR) is 94.2 cm³/mol. The lowest BCUT2D eigenvalue weighted by Crippen LogP contribution is -1.95. The van der Waals surface area contributed by atoms with Crippen molar-refractivity contribution in [3.05, 3.63) is 42.0 Å². The summed E-state index contributed by atoms with van der Waals surface area (Å²) < 4.78 is 5.19. The summed E-state index contributed by atoms with van der Waals surface area (Å²) in [4.78, 5) is 0. The number of aromatic hydroxyl groups is 2. The minimum atomic E-state index is -0.171. The zero-order valence-electron chi connectivity index (χ0n) is 14.0. The second-order valence-corrected chi connectivity index (χ2v) is 5.83. The van der Waals surface area contributed by atoms with E-state index in [-0.39, 0.29) is 11.5 Å². The number of phenolic OH excluding ortho intramolecular Hbond substituents is 2. The second-order valence-electron chi connectivity index (χ2n) is 5.83. The fraction of sp³-hybridized carbons (Fsp3) is 0.400. The number of hydrogen-bond donors (Lipinski definition) is 2. The Labute approximate surface area is 138 Å². The van der Waals surface area contributed by atoms with Gasteiger partial charge in [0, 0.05) is 5.56 Å². The Morgan fingerprint density at radius 2 is 1.61 bits per heavy atom. The first-order valence-electron chi connectivity index (χ1n) is 8.36. The van der Waals surface area contributed by atoms with Gasteiger partial charge in [0.1, 0.15) is 0 Å². The van der Waals surface area contributed by atoms with Crippen LogP contribution < -0.4 is 4.74 Å². The zero-order chi connectivity index (χ0) is 16.7. The van der Waals surface area contributed by atoms with Crippen LogP contribution in [0.3, 0.4) is 0 Å². The molecule has 0 radical (unpaired) electrons. The molecule has 0 aromatic heterocycles. The normalized spacial score (nSPS) is 10.7. The minimum Gasteiger partial charge on any atom is -0.504 e. The molecule has 0 fully saturated rings. The quantitative estimate of drug-likeness (QED) is 0.514. The van der Waals surface area contributed by atoms with Gasteiger partial charge in [0.15, 0.2) is 11.5 Å². The highest BCUT2D eigenvalue weighted by atomic mass is 16.5. The number of unbranched alkanes of at least 4 members (excludes halogenated alkanes) is 4. The van der Waals surface area contributed by atoms with Crippen molar-refractivity contribution in [3.63, 3.8) is 0 Å². The van der Waals surface area contributed by atoms with E-state index in [2.05, 4.69) is 6.92 Å². The third-order valence-corrected chi connectivity index (χ3v) is 4.18. The zero-order valence-corrected chi connectivity index (χ0v) is 14.0. The Kier molecular flexibility index (Phi) is 6.33. The monoisotopic (exact) mass is 314 g/mol. The van der Waals surface area contributed by atoms with E-state index in [4.69, 9.17) is 4.74 Å². The van der Waals surface area contributed by atoms with Crippen molar-refractivity contribution in [2.24, 2.45) is 0 Å². The van der Waals surface area contributed by atoms with E-state index in [0.717, 1.165) is 36.0 Å². The van der Waals surface area contributed by atoms with Crippen LogP contribution in [0.25, 0.3) is 11.1 Å². The standard InChI is InChI=1S/C20H26O3/c1-3-4-5-6-10-13-16-17(15-11-8-7-9-12-15)14-18(23-2)20(22)19(16)21/h7-9,11-12,14,21-22H,3-6,10,13H2,1-2H3. The van der Waals surface area contributed by atoms with E-state index in [1.807, 2.05) is 36.4 Å². The molecule has 0 saturated heterocycles. The van der Waals surface area contributed by atoms with Crippen LogP contribution in [0.5, 0.6) is 17.2 Å². The SMILES string of the molecule is CCCCCCCc1c(-c2ccccc2)cc(OC)c(O)c1O. The molecule has 0 amide bonds. The van der Waals surface area contributed by atoms with E-state index in [1.54, 1.807) is 0 Å². The molecule has 0 aliphatic heterocycles. The van der Waals surface area contributed by atoms with Crippen molar-refractivity contribution >= 4 is 0 Å². The third-order valence-electron chi connectivity index (χ3n) is 4.18. The highest BCUT2D eigenvalue weighted by Gasteiger charge is 2.18. The maximum Gasteiger partial charge on any atom is 0.200 e. The van der Waals surface area contributed by atoms with Crippen molar-refractivity contribution in [1.82, 2.24) is 0 Å². The molecule has 0 saturated carbocycles. The van der Waals surface area contributed by atoms with Crippen molar-refractivity contribution in [3.8, 4) is 28.4 Å². The maximum absolute atomic E-state index is 10.4. The van der Waals surface area contributed by atoms with Crippen molar-refractivity contribution < 1.29 is 14.9 Å². The minimum absolute atomic E-state index is 0.0568. The number of benzene rings is 2. The highest BCUT2D eigenvalue weighted by Crippen LogP contribution is 2.44. The van der Waals surface area contributed by atoms with Crippen molar-refractivity contribution in [2.75, 3.05) is 7.11 Å². The second kappa shape index (κ2) is 8.47. The summed E-state index contributed by atoms with van der Waals surface area (Å²) in [7, 11) is 1.49. The fourth-order valence-electron chi connectivity index (χ4n) is 2.86. The molecule has 0 bridgehead atoms. The molecule has 2 N–H and O–H groups in total. The number of methoxy groups -OCH3 is 1. The van der Waals surface area contributed by atoms with Crippen LogP contribution in [0.2, 0.25) is 0 Å². The van der Waals surface area contributed by atoms with Gasteiger partial charge in [-0.05, 0) is 30.0 Å². The van der Waals surface area contributed by atoms with E-state index >= 15 is 0 Å². The molecular formula is C20H26O3. The maximum atomic E-state index is 10.4. The van der Waals surface area contributed by atoms with Crippen LogP contribution in [0.1, 0.15) is 44.6 Å². The Hall–Kier alpha value is -2.16. The Morgan fingerprint density at radius 1 is 0.913 bits per heavy atom. The topological polar surface area (TPSA) is 49.7 Å². The number of ether oxygens (including phenoxy) is 1. The predicted octanol–water partition coefficient (Wildman–Crippen LogP) is 5.29. The van der Waals surface area contributed by atoms with Gasteiger partial charge in [-0.1, -0.05) is 62.9 Å². The van der Waals surface area contributed by atoms with Crippen molar-refractivity contribution in [1.29, 1.82) is 0 Å². The van der Waals surface area contributed by atoms with Gasteiger partial charge >= 0.3 is 0 Å². The Balaban J connectivity index is 2.32. The molecule has 0 atom stereocenters. The largest absolute Gasteiger partial charge is 0.504 e. The summed E-state index contributed by atoms with van der Waals surface area (Å²) in [5.74, 6) is 0.0746. The van der Waals surface area contributed by atoms with Gasteiger partial charge in [0.25, 0.3) is 0 Å². The molecule has 0 heterocycles. The van der Waals surface area contributed by atoms with E-state index in [1.165, 1.54) is 26.4 Å². The van der Waals surface area contributed by atoms with E-state index < -0.39 is 0 Å². The van der Waals surface area contributed by atoms with Gasteiger partial charge in [-0.15, -0.1) is 0 Å². The summed E-state index contributed by atoms with van der Waals surface area (Å²) in [6, 6.07) is 11.7. The molecule has 0 aliphatic carbocycles. The van der Waals surface area contributed by atoms with Crippen LogP contribution in [-0.4, -0.2) is 17.3 Å². The van der Waals surface area contributed by atoms with Crippen LogP contribution in [0.15, 0.2) is 36.4 Å². The summed E-state index contributed by atoms with van der Waals surface area (Å²) in [5, 5.41) is 20.5. The molecule has 0 aliphatic rings. The summed E-state index contributed by atoms with van der Waals surface area (Å²) in [6.45, 7) is 2.20. The number of hydrogen-bond acceptors (Lipinski definition) is 3. The van der Waals surface area contributed by atoms with Gasteiger partial charge in [-0.2, -0.15) is 0 Å². The van der Waals surface area contributed by atoms with Crippen molar-refractivity contribution in [2.45, 2.75) is 45.4 Å². The highest BCUT2D eigenvalue weighted by molar-refractivity contribution is 5.75. The molecule has 0 spiro atoms. The van der Waals surface area contributed by atoms with E-state index in [9.17, 15) is 10.2 Å². The van der Waals surface area contributed by atoms with Crippen LogP contribution in [0.4, 0.5) is 0 Å². The van der Waals surface area contributed by atoms with Gasteiger partial charge in [0.05, 0.1) is 7.11 Å². The van der Waals surface area contributed by atoms with Gasteiger partial charge in [-0.25, -0.2) is 0 Å². The lowest BCUT2D eigenvalue weighted by Gasteiger charge is -2.16. The molecule has 3 heteroatoms. The first-order valence-corrected chi connectivity index (χ1v) is 8.36.